The van der Waals surface area contributed by atoms with Gasteiger partial charge in [0.2, 0.25) is 0 Å². The van der Waals surface area contributed by atoms with Crippen LogP contribution in [0.2, 0.25) is 0 Å². The molecule has 1 saturated heterocycles. The van der Waals surface area contributed by atoms with Gasteiger partial charge in [0.15, 0.2) is 15.7 Å². The molecule has 1 aromatic heterocycles. The molecule has 1 N–H and O–H groups in total. The molecule has 1 aromatic rings. The zero-order valence-electron chi connectivity index (χ0n) is 10.3. The van der Waals surface area contributed by atoms with Gasteiger partial charge >= 0.3 is 0 Å². The van der Waals surface area contributed by atoms with E-state index in [1.54, 1.807) is 6.20 Å². The van der Waals surface area contributed by atoms with Crippen molar-refractivity contribution >= 4 is 15.7 Å². The van der Waals surface area contributed by atoms with Gasteiger partial charge in [0.05, 0.1) is 11.0 Å². The second-order valence-electron chi connectivity index (χ2n) is 4.38. The largest absolute Gasteiger partial charge is 0.364 e. The predicted molar refractivity (Wildman–Crippen MR) is 69.5 cm³/mol. The van der Waals surface area contributed by atoms with E-state index in [-0.39, 0.29) is 23.7 Å². The van der Waals surface area contributed by atoms with Gasteiger partial charge in [-0.3, -0.25) is 4.79 Å². The third kappa shape index (κ3) is 2.55. The summed E-state index contributed by atoms with van der Waals surface area (Å²) in [4.78, 5) is 15.8. The summed E-state index contributed by atoms with van der Waals surface area (Å²) in [5.41, 5.74) is -0.213. The number of aryl methyl sites for hydroxylation is 1. The van der Waals surface area contributed by atoms with Gasteiger partial charge in [0.25, 0.3) is 5.56 Å². The highest BCUT2D eigenvalue weighted by Gasteiger charge is 2.31. The molecule has 2 heterocycles. The lowest BCUT2D eigenvalue weighted by Gasteiger charge is -2.11. The highest BCUT2D eigenvalue weighted by atomic mass is 32.2. The summed E-state index contributed by atoms with van der Waals surface area (Å²) in [6, 6.07) is 0. The highest BCUT2D eigenvalue weighted by Crippen LogP contribution is 2.19. The molecule has 18 heavy (non-hydrogen) atoms. The molecule has 0 radical (unpaired) electrons. The quantitative estimate of drug-likeness (QED) is 0.849. The first-order chi connectivity index (χ1) is 8.54. The van der Waals surface area contributed by atoms with Crippen molar-refractivity contribution in [3.05, 3.63) is 22.7 Å². The van der Waals surface area contributed by atoms with Crippen LogP contribution < -0.4 is 10.9 Å². The molecule has 0 saturated carbocycles. The molecule has 6 nitrogen and oxygen atoms in total. The number of nitrogens with one attached hydrogen (secondary N) is 1. The molecule has 0 bridgehead atoms. The Balaban J connectivity index is 2.09. The van der Waals surface area contributed by atoms with Crippen molar-refractivity contribution in [3.8, 4) is 0 Å². The molecule has 2 rings (SSSR count). The average Bonchev–Trinajstić information content (AvgIpc) is 2.67. The predicted octanol–water partition coefficient (Wildman–Crippen LogP) is 0.252. The Morgan fingerprint density at radius 3 is 2.94 bits per heavy atom. The summed E-state index contributed by atoms with van der Waals surface area (Å²) in [5.74, 6) is 0.474. The van der Waals surface area contributed by atoms with Crippen LogP contribution in [-0.2, 0) is 16.4 Å². The standard InChI is InChI=1S/C11H17N3O3S/c1-2-14-6-5-12-10(11(14)15)13-8-9-4-3-7-18(9,16)17/h5-6,9H,2-4,7-8H2,1H3,(H,12,13). The number of hydrogen-bond acceptors (Lipinski definition) is 5. The molecule has 1 aliphatic rings. The number of sulfone groups is 1. The van der Waals surface area contributed by atoms with Crippen LogP contribution in [0.1, 0.15) is 19.8 Å². The van der Waals surface area contributed by atoms with E-state index < -0.39 is 15.1 Å². The zero-order valence-corrected chi connectivity index (χ0v) is 11.1. The van der Waals surface area contributed by atoms with E-state index in [1.807, 2.05) is 6.92 Å². The lowest BCUT2D eigenvalue weighted by molar-refractivity contribution is 0.591. The van der Waals surface area contributed by atoms with E-state index in [2.05, 4.69) is 10.3 Å². The Labute approximate surface area is 106 Å². The van der Waals surface area contributed by atoms with Gasteiger partial charge in [-0.2, -0.15) is 0 Å². The number of hydrogen-bond donors (Lipinski definition) is 1. The topological polar surface area (TPSA) is 81.1 Å². The fraction of sp³-hybridized carbons (Fsp3) is 0.636. The first kappa shape index (κ1) is 13.1. The lowest BCUT2D eigenvalue weighted by Crippen LogP contribution is -2.30. The summed E-state index contributed by atoms with van der Waals surface area (Å²) in [5, 5.41) is 2.47. The zero-order chi connectivity index (χ0) is 13.2. The van der Waals surface area contributed by atoms with E-state index in [0.717, 1.165) is 0 Å². The van der Waals surface area contributed by atoms with Crippen molar-refractivity contribution in [3.63, 3.8) is 0 Å². The van der Waals surface area contributed by atoms with E-state index in [1.165, 1.54) is 10.8 Å². The van der Waals surface area contributed by atoms with Crippen LogP contribution in [0, 0.1) is 0 Å². The van der Waals surface area contributed by atoms with Gasteiger partial charge < -0.3 is 9.88 Å². The molecule has 0 aromatic carbocycles. The first-order valence-corrected chi connectivity index (χ1v) is 7.77. The van der Waals surface area contributed by atoms with E-state index in [4.69, 9.17) is 0 Å². The fourth-order valence-corrected chi connectivity index (χ4v) is 3.88. The Morgan fingerprint density at radius 1 is 1.56 bits per heavy atom. The van der Waals surface area contributed by atoms with Crippen LogP contribution >= 0.6 is 0 Å². The second kappa shape index (κ2) is 5.09. The molecule has 1 atom stereocenters. The third-order valence-electron chi connectivity index (χ3n) is 3.21. The molecular weight excluding hydrogens is 254 g/mol. The van der Waals surface area contributed by atoms with Crippen molar-refractivity contribution in [2.45, 2.75) is 31.6 Å². The smallest absolute Gasteiger partial charge is 0.293 e. The Kier molecular flexibility index (Phi) is 3.70. The first-order valence-electron chi connectivity index (χ1n) is 6.05. The van der Waals surface area contributed by atoms with Gasteiger partial charge in [0.1, 0.15) is 0 Å². The summed E-state index contributed by atoms with van der Waals surface area (Å²) in [6.07, 6.45) is 4.51. The molecule has 1 fully saturated rings. The molecule has 1 aliphatic heterocycles. The molecule has 0 spiro atoms. The van der Waals surface area contributed by atoms with Gasteiger partial charge in [-0.1, -0.05) is 0 Å². The Hall–Kier alpha value is -1.37. The normalized spacial score (nSPS) is 21.9. The van der Waals surface area contributed by atoms with Crippen molar-refractivity contribution in [2.75, 3.05) is 17.6 Å². The number of rotatable bonds is 4. The van der Waals surface area contributed by atoms with Crippen molar-refractivity contribution in [1.82, 2.24) is 9.55 Å². The number of aromatic nitrogens is 2. The van der Waals surface area contributed by atoms with Crippen molar-refractivity contribution in [2.24, 2.45) is 0 Å². The summed E-state index contributed by atoms with van der Waals surface area (Å²) >= 11 is 0. The Morgan fingerprint density at radius 2 is 2.33 bits per heavy atom. The monoisotopic (exact) mass is 271 g/mol. The summed E-state index contributed by atoms with van der Waals surface area (Å²) < 4.78 is 24.8. The molecule has 1 unspecified atom stereocenters. The number of nitrogens with zero attached hydrogens (tertiary/aromatic N) is 2. The van der Waals surface area contributed by atoms with Gasteiger partial charge in [-0.05, 0) is 19.8 Å². The summed E-state index contributed by atoms with van der Waals surface area (Å²) in [6.45, 7) is 2.70. The third-order valence-corrected chi connectivity index (χ3v) is 5.49. The molecule has 100 valence electrons. The molecular formula is C11H17N3O3S. The lowest BCUT2D eigenvalue weighted by atomic mass is 10.2. The Bertz CT molecular complexity index is 579. The minimum absolute atomic E-state index is 0.213. The number of anilines is 1. The van der Waals surface area contributed by atoms with Gasteiger partial charge in [-0.15, -0.1) is 0 Å². The van der Waals surface area contributed by atoms with E-state index >= 15 is 0 Å². The van der Waals surface area contributed by atoms with Gasteiger partial charge in [-0.25, -0.2) is 13.4 Å². The van der Waals surface area contributed by atoms with Crippen LogP contribution in [-0.4, -0.2) is 35.5 Å². The van der Waals surface area contributed by atoms with E-state index in [9.17, 15) is 13.2 Å². The SMILES string of the molecule is CCn1ccnc(NCC2CCCS2(=O)=O)c1=O. The molecule has 0 aliphatic carbocycles. The highest BCUT2D eigenvalue weighted by molar-refractivity contribution is 7.92. The fourth-order valence-electron chi connectivity index (χ4n) is 2.12. The van der Waals surface area contributed by atoms with Crippen LogP contribution in [0.5, 0.6) is 0 Å². The van der Waals surface area contributed by atoms with Crippen LogP contribution in [0.3, 0.4) is 0 Å². The van der Waals surface area contributed by atoms with Gasteiger partial charge in [0, 0.05) is 25.5 Å². The minimum Gasteiger partial charge on any atom is -0.364 e. The van der Waals surface area contributed by atoms with E-state index in [0.29, 0.717) is 19.4 Å². The summed E-state index contributed by atoms with van der Waals surface area (Å²) in [7, 11) is -2.98. The van der Waals surface area contributed by atoms with Crippen LogP contribution in [0.25, 0.3) is 0 Å². The minimum atomic E-state index is -2.98. The maximum atomic E-state index is 11.9. The van der Waals surface area contributed by atoms with Crippen LogP contribution in [0.15, 0.2) is 17.2 Å². The maximum absolute atomic E-state index is 11.9. The van der Waals surface area contributed by atoms with Crippen molar-refractivity contribution < 1.29 is 8.42 Å². The molecule has 0 amide bonds. The maximum Gasteiger partial charge on any atom is 0.293 e. The molecule has 7 heteroatoms. The van der Waals surface area contributed by atoms with Crippen molar-refractivity contribution in [1.29, 1.82) is 0 Å². The average molecular weight is 271 g/mol. The van der Waals surface area contributed by atoms with Crippen LogP contribution in [0.4, 0.5) is 5.82 Å². The second-order valence-corrected chi connectivity index (χ2v) is 6.78.